The Morgan fingerprint density at radius 1 is 1.14 bits per heavy atom. The lowest BCUT2D eigenvalue weighted by Gasteiger charge is -2.33. The largest absolute Gasteiger partial charge is 0.508 e. The van der Waals surface area contributed by atoms with E-state index in [4.69, 9.17) is 11.6 Å². The van der Waals surface area contributed by atoms with Gasteiger partial charge in [-0.15, -0.1) is 21.5 Å². The van der Waals surface area contributed by atoms with Crippen molar-refractivity contribution in [1.82, 2.24) is 25.5 Å². The average molecular weight is 525 g/mol. The molecule has 0 saturated carbocycles. The molecule has 0 aliphatic carbocycles. The lowest BCUT2D eigenvalue weighted by atomic mass is 10.1. The minimum absolute atomic E-state index is 0.0321. The number of benzene rings is 2. The summed E-state index contributed by atoms with van der Waals surface area (Å²) in [6.45, 7) is 5.33. The van der Waals surface area contributed by atoms with Crippen LogP contribution in [0.5, 0.6) is 5.75 Å². The number of rotatable bonds is 7. The lowest BCUT2D eigenvalue weighted by molar-refractivity contribution is -0.128. The van der Waals surface area contributed by atoms with Crippen molar-refractivity contribution in [1.29, 1.82) is 0 Å². The van der Waals surface area contributed by atoms with Crippen LogP contribution in [-0.4, -0.2) is 42.7 Å². The van der Waals surface area contributed by atoms with Crippen molar-refractivity contribution in [2.75, 3.05) is 4.90 Å². The number of hydrogen-bond donors (Lipinski definition) is 2. The Hall–Kier alpha value is -3.76. The molecule has 0 bridgehead atoms. The fourth-order valence-electron chi connectivity index (χ4n) is 3.56. The number of thiophene rings is 1. The Bertz CT molecular complexity index is 1350. The van der Waals surface area contributed by atoms with E-state index in [0.717, 1.165) is 0 Å². The van der Waals surface area contributed by atoms with E-state index >= 15 is 0 Å². The summed E-state index contributed by atoms with van der Waals surface area (Å²) in [5, 5.41) is 27.9. The number of halogens is 1. The minimum atomic E-state index is -0.974. The van der Waals surface area contributed by atoms with Gasteiger partial charge < -0.3 is 10.4 Å². The number of phenolic OH excluding ortho intramolecular Hbond substituents is 1. The van der Waals surface area contributed by atoms with Crippen molar-refractivity contribution < 1.29 is 14.7 Å². The third-order valence-corrected chi connectivity index (χ3v) is 6.20. The van der Waals surface area contributed by atoms with Crippen LogP contribution in [0.3, 0.4) is 0 Å². The molecule has 0 spiro atoms. The molecule has 0 radical (unpaired) electrons. The van der Waals surface area contributed by atoms with Gasteiger partial charge in [-0.25, -0.2) is 0 Å². The minimum Gasteiger partial charge on any atom is -0.508 e. The maximum absolute atomic E-state index is 13.7. The number of aromatic hydroxyl groups is 1. The standard InChI is InChI=1S/C25H25ClN6O3S/c1-25(2,3)27-24(35)22(20-8-5-13-36-20)32(18-6-4-7-19(33)14-18)21(34)15-31-29-23(28-30-31)16-9-11-17(26)12-10-16/h4-14,22,33H,15H2,1-3H3,(H,27,35)/t22-/m1/s1. The highest BCUT2D eigenvalue weighted by atomic mass is 35.5. The van der Waals surface area contributed by atoms with Crippen LogP contribution in [0.25, 0.3) is 11.4 Å². The van der Waals surface area contributed by atoms with Crippen LogP contribution in [0.1, 0.15) is 31.7 Å². The fraction of sp³-hybridized carbons (Fsp3) is 0.240. The van der Waals surface area contributed by atoms with Crippen molar-refractivity contribution in [2.24, 2.45) is 0 Å². The quantitative estimate of drug-likeness (QED) is 0.369. The molecule has 4 rings (SSSR count). The van der Waals surface area contributed by atoms with Gasteiger partial charge in [0.25, 0.3) is 5.91 Å². The molecule has 0 unspecified atom stereocenters. The smallest absolute Gasteiger partial charge is 0.251 e. The van der Waals surface area contributed by atoms with Crippen LogP contribution < -0.4 is 10.2 Å². The van der Waals surface area contributed by atoms with Crippen LogP contribution in [0.2, 0.25) is 5.02 Å². The molecular formula is C25H25ClN6O3S. The summed E-state index contributed by atoms with van der Waals surface area (Å²) in [6, 6.07) is 15.8. The molecular weight excluding hydrogens is 500 g/mol. The predicted molar refractivity (Wildman–Crippen MR) is 139 cm³/mol. The molecule has 0 aliphatic rings. The van der Waals surface area contributed by atoms with Gasteiger partial charge in [0, 0.05) is 32.8 Å². The van der Waals surface area contributed by atoms with Crippen molar-refractivity contribution in [3.05, 3.63) is 75.9 Å². The van der Waals surface area contributed by atoms with Crippen molar-refractivity contribution in [3.63, 3.8) is 0 Å². The highest BCUT2D eigenvalue weighted by Crippen LogP contribution is 2.33. The highest BCUT2D eigenvalue weighted by molar-refractivity contribution is 7.10. The number of carbonyl (C=O) groups is 2. The fourth-order valence-corrected chi connectivity index (χ4v) is 4.50. The Kier molecular flexibility index (Phi) is 7.37. The first-order chi connectivity index (χ1) is 17.1. The molecule has 36 heavy (non-hydrogen) atoms. The van der Waals surface area contributed by atoms with E-state index in [0.29, 0.717) is 27.0 Å². The first-order valence-corrected chi connectivity index (χ1v) is 12.4. The van der Waals surface area contributed by atoms with Crippen molar-refractivity contribution in [2.45, 2.75) is 38.9 Å². The van der Waals surface area contributed by atoms with E-state index in [2.05, 4.69) is 20.7 Å². The van der Waals surface area contributed by atoms with Gasteiger partial charge in [-0.05, 0) is 73.8 Å². The average Bonchev–Trinajstić information content (AvgIpc) is 3.49. The number of aromatic nitrogens is 4. The van der Waals surface area contributed by atoms with Crippen molar-refractivity contribution >= 4 is 40.4 Å². The summed E-state index contributed by atoms with van der Waals surface area (Å²) in [6.07, 6.45) is 0. The first-order valence-electron chi connectivity index (χ1n) is 11.1. The molecule has 0 saturated heterocycles. The summed E-state index contributed by atoms with van der Waals surface area (Å²) < 4.78 is 0. The van der Waals surface area contributed by atoms with E-state index in [9.17, 15) is 14.7 Å². The molecule has 0 aliphatic heterocycles. The number of hydrogen-bond acceptors (Lipinski definition) is 7. The van der Waals surface area contributed by atoms with Crippen LogP contribution in [0, 0.1) is 0 Å². The van der Waals surface area contributed by atoms with Gasteiger partial charge in [0.05, 0.1) is 0 Å². The summed E-state index contributed by atoms with van der Waals surface area (Å²) in [5.41, 5.74) is 0.533. The summed E-state index contributed by atoms with van der Waals surface area (Å²) >= 11 is 7.31. The molecule has 4 aromatic rings. The molecule has 9 nitrogen and oxygen atoms in total. The van der Waals surface area contributed by atoms with Gasteiger partial charge in [-0.2, -0.15) is 4.80 Å². The number of nitrogens with one attached hydrogen (secondary N) is 1. The molecule has 2 amide bonds. The zero-order valence-corrected chi connectivity index (χ0v) is 21.5. The highest BCUT2D eigenvalue weighted by Gasteiger charge is 2.35. The summed E-state index contributed by atoms with van der Waals surface area (Å²) in [5.74, 6) is -0.503. The number of anilines is 1. The van der Waals surface area contributed by atoms with Crippen LogP contribution in [0.4, 0.5) is 5.69 Å². The molecule has 2 heterocycles. The Labute approximate surface area is 217 Å². The number of amides is 2. The van der Waals surface area contributed by atoms with E-state index in [1.54, 1.807) is 42.5 Å². The second-order valence-corrected chi connectivity index (χ2v) is 10.5. The van der Waals surface area contributed by atoms with E-state index in [1.165, 1.54) is 33.2 Å². The van der Waals surface area contributed by atoms with Gasteiger partial charge >= 0.3 is 0 Å². The number of tetrazole rings is 1. The predicted octanol–water partition coefficient (Wildman–Crippen LogP) is 4.45. The number of carbonyl (C=O) groups excluding carboxylic acids is 2. The van der Waals surface area contributed by atoms with E-state index in [1.807, 2.05) is 32.2 Å². The van der Waals surface area contributed by atoms with Gasteiger partial charge in [-0.1, -0.05) is 23.7 Å². The van der Waals surface area contributed by atoms with Crippen LogP contribution >= 0.6 is 22.9 Å². The Morgan fingerprint density at radius 3 is 2.53 bits per heavy atom. The van der Waals surface area contributed by atoms with Crippen LogP contribution in [-0.2, 0) is 16.1 Å². The topological polar surface area (TPSA) is 113 Å². The molecule has 2 aromatic heterocycles. The third kappa shape index (κ3) is 6.07. The second-order valence-electron chi connectivity index (χ2n) is 9.09. The first kappa shape index (κ1) is 25.3. The molecule has 0 fully saturated rings. The molecule has 1 atom stereocenters. The maximum atomic E-state index is 13.7. The molecule has 2 N–H and O–H groups in total. The van der Waals surface area contributed by atoms with Gasteiger partial charge in [0.2, 0.25) is 11.7 Å². The zero-order chi connectivity index (χ0) is 25.9. The normalized spacial score (nSPS) is 12.2. The number of phenols is 1. The zero-order valence-electron chi connectivity index (χ0n) is 19.9. The lowest BCUT2D eigenvalue weighted by Crippen LogP contribution is -2.50. The molecule has 11 heteroatoms. The summed E-state index contributed by atoms with van der Waals surface area (Å²) in [4.78, 5) is 30.5. The molecule has 186 valence electrons. The van der Waals surface area contributed by atoms with E-state index in [-0.39, 0.29) is 18.2 Å². The monoisotopic (exact) mass is 524 g/mol. The van der Waals surface area contributed by atoms with Gasteiger partial charge in [0.15, 0.2) is 0 Å². The van der Waals surface area contributed by atoms with Crippen LogP contribution in [0.15, 0.2) is 66.0 Å². The SMILES string of the molecule is CC(C)(C)NC(=O)[C@@H](c1cccs1)N(C(=O)Cn1nnc(-c2ccc(Cl)cc2)n1)c1cccc(O)c1. The Balaban J connectivity index is 1.70. The number of nitrogens with zero attached hydrogens (tertiary/aromatic N) is 5. The third-order valence-electron chi connectivity index (χ3n) is 5.03. The van der Waals surface area contributed by atoms with E-state index < -0.39 is 17.5 Å². The summed E-state index contributed by atoms with van der Waals surface area (Å²) in [7, 11) is 0. The molecule has 2 aromatic carbocycles. The second kappa shape index (κ2) is 10.5. The Morgan fingerprint density at radius 2 is 1.89 bits per heavy atom. The maximum Gasteiger partial charge on any atom is 0.251 e. The van der Waals surface area contributed by atoms with Gasteiger partial charge in [0.1, 0.15) is 18.3 Å². The van der Waals surface area contributed by atoms with Gasteiger partial charge in [-0.3, -0.25) is 14.5 Å². The van der Waals surface area contributed by atoms with Crippen molar-refractivity contribution in [3.8, 4) is 17.1 Å².